The fourth-order valence-corrected chi connectivity index (χ4v) is 2.97. The van der Waals surface area contributed by atoms with Gasteiger partial charge in [0.05, 0.1) is 5.69 Å². The molecular weight excluding hydrogens is 338 g/mol. The van der Waals surface area contributed by atoms with Crippen LogP contribution in [0.25, 0.3) is 10.8 Å². The molecule has 0 aliphatic carbocycles. The van der Waals surface area contributed by atoms with E-state index in [4.69, 9.17) is 11.6 Å². The van der Waals surface area contributed by atoms with Crippen LogP contribution >= 0.6 is 11.6 Å². The molecule has 3 aromatic rings. The van der Waals surface area contributed by atoms with Gasteiger partial charge in [-0.2, -0.15) is 0 Å². The van der Waals surface area contributed by atoms with E-state index in [1.807, 2.05) is 25.1 Å². The van der Waals surface area contributed by atoms with Gasteiger partial charge in [0.2, 0.25) is 0 Å². The molecule has 1 heterocycles. The van der Waals surface area contributed by atoms with E-state index in [1.54, 1.807) is 48.5 Å². The maximum absolute atomic E-state index is 12.8. The molecule has 0 aliphatic rings. The van der Waals surface area contributed by atoms with E-state index >= 15 is 0 Å². The van der Waals surface area contributed by atoms with E-state index in [0.29, 0.717) is 33.7 Å². The number of urea groups is 1. The molecule has 0 radical (unpaired) electrons. The third-order valence-electron chi connectivity index (χ3n) is 4.01. The number of anilines is 2. The highest BCUT2D eigenvalue weighted by Gasteiger charge is 2.16. The lowest BCUT2D eigenvalue weighted by molar-refractivity contribution is 0.257. The van der Waals surface area contributed by atoms with Gasteiger partial charge in [0.1, 0.15) is 0 Å². The van der Waals surface area contributed by atoms with Gasteiger partial charge in [0.15, 0.2) is 0 Å². The lowest BCUT2D eigenvalue weighted by Gasteiger charge is -2.22. The average Bonchev–Trinajstić information content (AvgIpc) is 2.60. The van der Waals surface area contributed by atoms with E-state index < -0.39 is 0 Å². The first-order valence-corrected chi connectivity index (χ1v) is 8.31. The zero-order valence-electron chi connectivity index (χ0n) is 14.0. The van der Waals surface area contributed by atoms with Crippen LogP contribution < -0.4 is 15.8 Å². The summed E-state index contributed by atoms with van der Waals surface area (Å²) in [7, 11) is 1.67. The van der Waals surface area contributed by atoms with Crippen LogP contribution in [0.5, 0.6) is 0 Å². The van der Waals surface area contributed by atoms with Gasteiger partial charge in [-0.3, -0.25) is 9.69 Å². The number of hydrogen-bond donors (Lipinski definition) is 1. The van der Waals surface area contributed by atoms with Crippen molar-refractivity contribution in [1.82, 2.24) is 4.57 Å². The number of rotatable bonds is 3. The third-order valence-corrected chi connectivity index (χ3v) is 4.25. The van der Waals surface area contributed by atoms with Gasteiger partial charge >= 0.3 is 6.03 Å². The molecule has 0 spiro atoms. The van der Waals surface area contributed by atoms with Crippen molar-refractivity contribution in [3.05, 3.63) is 70.1 Å². The molecule has 3 rings (SSSR count). The Balaban J connectivity index is 1.99. The molecule has 5 nitrogen and oxygen atoms in total. The van der Waals surface area contributed by atoms with Crippen LogP contribution in [0.1, 0.15) is 6.92 Å². The highest BCUT2D eigenvalue weighted by molar-refractivity contribution is 6.31. The number of nitrogens with zero attached hydrogens (tertiary/aromatic N) is 2. The molecule has 25 heavy (non-hydrogen) atoms. The largest absolute Gasteiger partial charge is 0.326 e. The molecule has 0 bridgehead atoms. The quantitative estimate of drug-likeness (QED) is 0.763. The zero-order valence-corrected chi connectivity index (χ0v) is 14.7. The first-order chi connectivity index (χ1) is 12.0. The molecule has 0 fully saturated rings. The third kappa shape index (κ3) is 3.37. The summed E-state index contributed by atoms with van der Waals surface area (Å²) in [5.41, 5.74) is 1.19. The van der Waals surface area contributed by atoms with E-state index in [9.17, 15) is 9.59 Å². The van der Waals surface area contributed by atoms with Crippen molar-refractivity contribution in [2.75, 3.05) is 16.8 Å². The van der Waals surface area contributed by atoms with E-state index in [0.717, 1.165) is 0 Å². The van der Waals surface area contributed by atoms with Crippen molar-refractivity contribution in [3.8, 4) is 0 Å². The fourth-order valence-electron chi connectivity index (χ4n) is 2.79. The Kier molecular flexibility index (Phi) is 4.76. The topological polar surface area (TPSA) is 54.3 Å². The maximum Gasteiger partial charge on any atom is 0.326 e. The second-order valence-corrected chi connectivity index (χ2v) is 6.10. The second-order valence-electron chi connectivity index (χ2n) is 5.66. The summed E-state index contributed by atoms with van der Waals surface area (Å²) in [6.45, 7) is 2.37. The van der Waals surface area contributed by atoms with Crippen LogP contribution in [0.15, 0.2) is 59.5 Å². The van der Waals surface area contributed by atoms with Crippen molar-refractivity contribution < 1.29 is 4.79 Å². The Morgan fingerprint density at radius 2 is 1.88 bits per heavy atom. The number of amides is 2. The van der Waals surface area contributed by atoms with Crippen molar-refractivity contribution in [2.45, 2.75) is 6.92 Å². The van der Waals surface area contributed by atoms with E-state index in [-0.39, 0.29) is 11.6 Å². The number of halogens is 1. The first-order valence-electron chi connectivity index (χ1n) is 7.93. The van der Waals surface area contributed by atoms with Crippen LogP contribution in [0, 0.1) is 0 Å². The number of nitrogens with one attached hydrogen (secondary N) is 1. The summed E-state index contributed by atoms with van der Waals surface area (Å²) in [6.07, 6.45) is 1.63. The van der Waals surface area contributed by atoms with E-state index in [2.05, 4.69) is 5.32 Å². The molecule has 128 valence electrons. The molecule has 0 aliphatic heterocycles. The summed E-state index contributed by atoms with van der Waals surface area (Å²) in [6, 6.07) is 14.1. The van der Waals surface area contributed by atoms with Crippen LogP contribution in [0.3, 0.4) is 0 Å². The molecule has 1 aromatic heterocycles. The van der Waals surface area contributed by atoms with Gasteiger partial charge in [0.25, 0.3) is 5.56 Å². The summed E-state index contributed by atoms with van der Waals surface area (Å²) in [4.78, 5) is 26.6. The molecule has 6 heteroatoms. The first kappa shape index (κ1) is 17.0. The lowest BCUT2D eigenvalue weighted by Crippen LogP contribution is -2.35. The van der Waals surface area contributed by atoms with Crippen LogP contribution in [-0.2, 0) is 7.05 Å². The van der Waals surface area contributed by atoms with Gasteiger partial charge in [-0.15, -0.1) is 0 Å². The van der Waals surface area contributed by atoms with Crippen molar-refractivity contribution in [1.29, 1.82) is 0 Å². The van der Waals surface area contributed by atoms with Gasteiger partial charge in [0, 0.05) is 41.3 Å². The number of pyridine rings is 1. The molecular formula is C19H18ClN3O2. The molecule has 1 N–H and O–H groups in total. The Labute approximate surface area is 150 Å². The number of aryl methyl sites for hydroxylation is 1. The second kappa shape index (κ2) is 6.99. The van der Waals surface area contributed by atoms with Crippen molar-refractivity contribution in [2.24, 2.45) is 7.05 Å². The number of carbonyl (C=O) groups is 1. The molecule has 0 unspecified atom stereocenters. The molecule has 0 atom stereocenters. The minimum absolute atomic E-state index is 0.101. The number of aromatic nitrogens is 1. The summed E-state index contributed by atoms with van der Waals surface area (Å²) < 4.78 is 1.47. The minimum Gasteiger partial charge on any atom is -0.316 e. The zero-order chi connectivity index (χ0) is 18.0. The summed E-state index contributed by atoms with van der Waals surface area (Å²) >= 11 is 6.03. The SMILES string of the molecule is CCN(C(=O)Nc1cn(C)c(=O)c2ccccc12)c1cccc(Cl)c1. The predicted octanol–water partition coefficient (Wildman–Crippen LogP) is 4.25. The number of benzene rings is 2. The normalized spacial score (nSPS) is 10.7. The lowest BCUT2D eigenvalue weighted by atomic mass is 10.1. The molecule has 0 saturated heterocycles. The monoisotopic (exact) mass is 355 g/mol. The minimum atomic E-state index is -0.284. The predicted molar refractivity (Wildman–Crippen MR) is 103 cm³/mol. The standard InChI is InChI=1S/C19H18ClN3O2/c1-3-23(14-8-6-7-13(20)11-14)19(25)21-17-12-22(2)18(24)16-10-5-4-9-15(16)17/h4-12H,3H2,1-2H3,(H,21,25). The number of hydrogen-bond acceptors (Lipinski definition) is 2. The van der Waals surface area contributed by atoms with Gasteiger partial charge in [-0.1, -0.05) is 35.9 Å². The van der Waals surface area contributed by atoms with Crippen LogP contribution in [0.4, 0.5) is 16.2 Å². The smallest absolute Gasteiger partial charge is 0.316 e. The maximum atomic E-state index is 12.8. The van der Waals surface area contributed by atoms with Gasteiger partial charge < -0.3 is 9.88 Å². The number of fused-ring (bicyclic) bond motifs is 1. The Bertz CT molecular complexity index is 997. The fraction of sp³-hybridized carbons (Fsp3) is 0.158. The van der Waals surface area contributed by atoms with Crippen LogP contribution in [0.2, 0.25) is 5.02 Å². The highest BCUT2D eigenvalue weighted by atomic mass is 35.5. The van der Waals surface area contributed by atoms with Gasteiger partial charge in [-0.05, 0) is 31.2 Å². The average molecular weight is 356 g/mol. The highest BCUT2D eigenvalue weighted by Crippen LogP contribution is 2.23. The van der Waals surface area contributed by atoms with Gasteiger partial charge in [-0.25, -0.2) is 4.79 Å². The van der Waals surface area contributed by atoms with E-state index in [1.165, 1.54) is 4.57 Å². The summed E-state index contributed by atoms with van der Waals surface area (Å²) in [5, 5.41) is 4.75. The van der Waals surface area contributed by atoms with Crippen molar-refractivity contribution in [3.63, 3.8) is 0 Å². The Morgan fingerprint density at radius 3 is 2.56 bits per heavy atom. The van der Waals surface area contributed by atoms with Crippen LogP contribution in [-0.4, -0.2) is 17.1 Å². The summed E-state index contributed by atoms with van der Waals surface area (Å²) in [5.74, 6) is 0. The molecule has 2 amide bonds. The Hall–Kier alpha value is -2.79. The number of carbonyl (C=O) groups excluding carboxylic acids is 1. The molecule has 2 aromatic carbocycles. The molecule has 0 saturated carbocycles. The van der Waals surface area contributed by atoms with Crippen molar-refractivity contribution >= 4 is 39.8 Å². The Morgan fingerprint density at radius 1 is 1.16 bits per heavy atom.